The second-order valence-corrected chi connectivity index (χ2v) is 5.64. The Morgan fingerprint density at radius 3 is 2.91 bits per heavy atom. The first-order chi connectivity index (χ1) is 10.7. The molecule has 1 aliphatic rings. The van der Waals surface area contributed by atoms with E-state index in [0.29, 0.717) is 19.0 Å². The molecule has 0 radical (unpaired) electrons. The van der Waals surface area contributed by atoms with E-state index in [-0.39, 0.29) is 24.3 Å². The van der Waals surface area contributed by atoms with Crippen molar-refractivity contribution in [3.05, 3.63) is 47.6 Å². The summed E-state index contributed by atoms with van der Waals surface area (Å²) in [6.07, 6.45) is 4.64. The SMILES string of the molecule is Cc1cc(CC(=O)N[C@H]2COC[C@H]2Cc2ccncc2)on1. The molecule has 3 heterocycles. The molecule has 2 atom stereocenters. The molecular formula is C16H19N3O3. The summed E-state index contributed by atoms with van der Waals surface area (Å²) in [6, 6.07) is 5.80. The quantitative estimate of drug-likeness (QED) is 0.900. The summed E-state index contributed by atoms with van der Waals surface area (Å²) >= 11 is 0. The van der Waals surface area contributed by atoms with E-state index in [9.17, 15) is 4.79 Å². The Hall–Kier alpha value is -2.21. The minimum absolute atomic E-state index is 0.0321. The lowest BCUT2D eigenvalue weighted by Gasteiger charge is -2.18. The molecule has 0 saturated carbocycles. The van der Waals surface area contributed by atoms with Gasteiger partial charge in [-0.05, 0) is 31.0 Å². The lowest BCUT2D eigenvalue weighted by atomic mass is 9.95. The predicted octanol–water partition coefficient (Wildman–Crippen LogP) is 1.29. The molecule has 0 aromatic carbocycles. The van der Waals surface area contributed by atoms with Crippen LogP contribution in [-0.4, -0.2) is 35.3 Å². The maximum atomic E-state index is 12.1. The van der Waals surface area contributed by atoms with Crippen molar-refractivity contribution in [1.29, 1.82) is 0 Å². The van der Waals surface area contributed by atoms with E-state index < -0.39 is 0 Å². The van der Waals surface area contributed by atoms with Crippen molar-refractivity contribution < 1.29 is 14.1 Å². The highest BCUT2D eigenvalue weighted by atomic mass is 16.5. The number of nitrogens with zero attached hydrogens (tertiary/aromatic N) is 2. The Bertz CT molecular complexity index is 627. The zero-order chi connectivity index (χ0) is 15.4. The number of carbonyl (C=O) groups is 1. The lowest BCUT2D eigenvalue weighted by molar-refractivity contribution is -0.121. The number of pyridine rings is 1. The van der Waals surface area contributed by atoms with E-state index in [1.807, 2.05) is 19.1 Å². The Morgan fingerprint density at radius 2 is 2.18 bits per heavy atom. The summed E-state index contributed by atoms with van der Waals surface area (Å²) in [7, 11) is 0. The van der Waals surface area contributed by atoms with Gasteiger partial charge < -0.3 is 14.6 Å². The monoisotopic (exact) mass is 301 g/mol. The summed E-state index contributed by atoms with van der Waals surface area (Å²) in [6.45, 7) is 3.05. The van der Waals surface area contributed by atoms with Crippen molar-refractivity contribution in [3.63, 3.8) is 0 Å². The number of aryl methyl sites for hydroxylation is 1. The molecule has 0 aliphatic carbocycles. The molecule has 2 aromatic rings. The average molecular weight is 301 g/mol. The van der Waals surface area contributed by atoms with Gasteiger partial charge in [-0.1, -0.05) is 5.16 Å². The first kappa shape index (κ1) is 14.7. The largest absolute Gasteiger partial charge is 0.379 e. The summed E-state index contributed by atoms with van der Waals surface area (Å²) < 4.78 is 10.6. The van der Waals surface area contributed by atoms with Gasteiger partial charge in [-0.15, -0.1) is 0 Å². The molecule has 3 rings (SSSR count). The van der Waals surface area contributed by atoms with Crippen LogP contribution in [0.5, 0.6) is 0 Å². The highest BCUT2D eigenvalue weighted by Gasteiger charge is 2.29. The maximum Gasteiger partial charge on any atom is 0.228 e. The number of carbonyl (C=O) groups excluding carboxylic acids is 1. The third-order valence-electron chi connectivity index (χ3n) is 3.80. The molecule has 1 amide bonds. The van der Waals surface area contributed by atoms with E-state index in [2.05, 4.69) is 15.5 Å². The number of amides is 1. The number of nitrogens with one attached hydrogen (secondary N) is 1. The Kier molecular flexibility index (Phi) is 4.48. The van der Waals surface area contributed by atoms with Crippen LogP contribution in [0.1, 0.15) is 17.0 Å². The fourth-order valence-electron chi connectivity index (χ4n) is 2.70. The van der Waals surface area contributed by atoms with Gasteiger partial charge in [0, 0.05) is 24.4 Å². The molecule has 6 heteroatoms. The van der Waals surface area contributed by atoms with Crippen LogP contribution in [0.4, 0.5) is 0 Å². The number of rotatable bonds is 5. The van der Waals surface area contributed by atoms with Gasteiger partial charge in [0.15, 0.2) is 0 Å². The number of aromatic nitrogens is 2. The minimum atomic E-state index is -0.0635. The van der Waals surface area contributed by atoms with Gasteiger partial charge >= 0.3 is 0 Å². The molecule has 1 fully saturated rings. The van der Waals surface area contributed by atoms with E-state index in [1.165, 1.54) is 5.56 Å². The maximum absolute atomic E-state index is 12.1. The average Bonchev–Trinajstić information content (AvgIpc) is 3.10. The molecule has 0 unspecified atom stereocenters. The molecule has 22 heavy (non-hydrogen) atoms. The first-order valence-corrected chi connectivity index (χ1v) is 7.39. The zero-order valence-electron chi connectivity index (χ0n) is 12.5. The Labute approximate surface area is 128 Å². The van der Waals surface area contributed by atoms with E-state index in [1.54, 1.807) is 18.5 Å². The van der Waals surface area contributed by atoms with Crippen molar-refractivity contribution in [3.8, 4) is 0 Å². The zero-order valence-corrected chi connectivity index (χ0v) is 12.5. The molecule has 6 nitrogen and oxygen atoms in total. The Balaban J connectivity index is 1.55. The third kappa shape index (κ3) is 3.71. The summed E-state index contributed by atoms with van der Waals surface area (Å²) in [4.78, 5) is 16.1. The van der Waals surface area contributed by atoms with Crippen LogP contribution >= 0.6 is 0 Å². The second-order valence-electron chi connectivity index (χ2n) is 5.64. The van der Waals surface area contributed by atoms with E-state index in [0.717, 1.165) is 12.1 Å². The van der Waals surface area contributed by atoms with E-state index >= 15 is 0 Å². The summed E-state index contributed by atoms with van der Waals surface area (Å²) in [5.41, 5.74) is 1.98. The fourth-order valence-corrected chi connectivity index (χ4v) is 2.70. The van der Waals surface area contributed by atoms with Gasteiger partial charge in [0.05, 0.1) is 31.4 Å². The molecule has 1 aliphatic heterocycles. The van der Waals surface area contributed by atoms with Gasteiger partial charge in [-0.2, -0.15) is 0 Å². The van der Waals surface area contributed by atoms with Crippen LogP contribution in [-0.2, 0) is 22.4 Å². The van der Waals surface area contributed by atoms with Gasteiger partial charge in [0.1, 0.15) is 5.76 Å². The number of hydrogen-bond donors (Lipinski definition) is 1. The second kappa shape index (κ2) is 6.70. The highest BCUT2D eigenvalue weighted by molar-refractivity contribution is 5.78. The van der Waals surface area contributed by atoms with Crippen molar-refractivity contribution in [2.45, 2.75) is 25.8 Å². The van der Waals surface area contributed by atoms with Gasteiger partial charge in [-0.3, -0.25) is 9.78 Å². The Morgan fingerprint density at radius 1 is 1.36 bits per heavy atom. The number of hydrogen-bond acceptors (Lipinski definition) is 5. The van der Waals surface area contributed by atoms with Crippen LogP contribution < -0.4 is 5.32 Å². The van der Waals surface area contributed by atoms with Crippen molar-refractivity contribution in [2.24, 2.45) is 5.92 Å². The summed E-state index contributed by atoms with van der Waals surface area (Å²) in [5, 5.41) is 6.83. The number of ether oxygens (including phenoxy) is 1. The van der Waals surface area contributed by atoms with Crippen LogP contribution in [0.15, 0.2) is 35.1 Å². The topological polar surface area (TPSA) is 77.2 Å². The van der Waals surface area contributed by atoms with Crippen LogP contribution in [0.25, 0.3) is 0 Å². The third-order valence-corrected chi connectivity index (χ3v) is 3.80. The fraction of sp³-hybridized carbons (Fsp3) is 0.438. The highest BCUT2D eigenvalue weighted by Crippen LogP contribution is 2.19. The van der Waals surface area contributed by atoms with Crippen molar-refractivity contribution in [2.75, 3.05) is 13.2 Å². The van der Waals surface area contributed by atoms with Gasteiger partial charge in [0.25, 0.3) is 0 Å². The molecular weight excluding hydrogens is 282 g/mol. The standard InChI is InChI=1S/C16H19N3O3/c1-11-6-14(22-19-11)8-16(20)18-15-10-21-9-13(15)7-12-2-4-17-5-3-12/h2-6,13,15H,7-10H2,1H3,(H,18,20)/t13-,15+/m1/s1. The molecule has 116 valence electrons. The molecule has 1 saturated heterocycles. The molecule has 2 aromatic heterocycles. The smallest absolute Gasteiger partial charge is 0.228 e. The van der Waals surface area contributed by atoms with Gasteiger partial charge in [-0.25, -0.2) is 0 Å². The van der Waals surface area contributed by atoms with Gasteiger partial charge in [0.2, 0.25) is 5.91 Å². The molecule has 0 spiro atoms. The molecule has 1 N–H and O–H groups in total. The molecule has 0 bridgehead atoms. The van der Waals surface area contributed by atoms with Crippen LogP contribution in [0, 0.1) is 12.8 Å². The van der Waals surface area contributed by atoms with Crippen LogP contribution in [0.2, 0.25) is 0 Å². The van der Waals surface area contributed by atoms with Crippen LogP contribution in [0.3, 0.4) is 0 Å². The van der Waals surface area contributed by atoms with Crippen molar-refractivity contribution >= 4 is 5.91 Å². The summed E-state index contributed by atoms with van der Waals surface area (Å²) in [5.74, 6) is 0.800. The minimum Gasteiger partial charge on any atom is -0.379 e. The van der Waals surface area contributed by atoms with Crippen molar-refractivity contribution in [1.82, 2.24) is 15.5 Å². The normalized spacial score (nSPS) is 21.0. The van der Waals surface area contributed by atoms with E-state index in [4.69, 9.17) is 9.26 Å². The predicted molar refractivity (Wildman–Crippen MR) is 79.1 cm³/mol. The lowest BCUT2D eigenvalue weighted by Crippen LogP contribution is -2.41. The first-order valence-electron chi connectivity index (χ1n) is 7.39.